The molecule has 2 rings (SSSR count). The molecule has 22 heavy (non-hydrogen) atoms. The average molecular weight is 350 g/mol. The van der Waals surface area contributed by atoms with Gasteiger partial charge in [-0.1, -0.05) is 6.07 Å². The normalized spacial score (nSPS) is 17.0. The van der Waals surface area contributed by atoms with Crippen molar-refractivity contribution in [2.45, 2.75) is 30.7 Å². The van der Waals surface area contributed by atoms with Crippen molar-refractivity contribution >= 4 is 28.1 Å². The summed E-state index contributed by atoms with van der Waals surface area (Å²) in [6.45, 7) is 2.33. The van der Waals surface area contributed by atoms with E-state index in [2.05, 4.69) is 5.32 Å². The lowest BCUT2D eigenvalue weighted by Gasteiger charge is -2.31. The van der Waals surface area contributed by atoms with Crippen molar-refractivity contribution < 1.29 is 13.3 Å². The summed E-state index contributed by atoms with van der Waals surface area (Å²) >= 11 is 0. The minimum absolute atomic E-state index is 0. The second-order valence-electron chi connectivity index (χ2n) is 5.12. The first-order chi connectivity index (χ1) is 9.87. The Hall–Kier alpha value is -1.22. The van der Waals surface area contributed by atoms with Crippen molar-refractivity contribution in [3.63, 3.8) is 0 Å². The number of hydrogen-bond acceptors (Lipinski definition) is 5. The maximum Gasteiger partial charge on any atom is 0.273 e. The molecule has 0 atom stereocenters. The lowest BCUT2D eigenvalue weighted by atomic mass is 10.1. The first-order valence-corrected chi connectivity index (χ1v) is 8.23. The molecule has 7 nitrogen and oxygen atoms in total. The predicted molar refractivity (Wildman–Crippen MR) is 85.9 cm³/mol. The summed E-state index contributed by atoms with van der Waals surface area (Å²) in [6, 6.07) is 4.49. The second-order valence-corrected chi connectivity index (χ2v) is 7.03. The summed E-state index contributed by atoms with van der Waals surface area (Å²) < 4.78 is 26.7. The van der Waals surface area contributed by atoms with E-state index in [4.69, 9.17) is 0 Å². The van der Waals surface area contributed by atoms with Crippen molar-refractivity contribution in [2.75, 3.05) is 20.1 Å². The molecule has 0 bridgehead atoms. The Morgan fingerprint density at radius 2 is 1.91 bits per heavy atom. The number of piperidine rings is 1. The number of nitrogens with one attached hydrogen (secondary N) is 1. The fourth-order valence-corrected chi connectivity index (χ4v) is 4.32. The van der Waals surface area contributed by atoms with Crippen LogP contribution in [0.25, 0.3) is 0 Å². The predicted octanol–water partition coefficient (Wildman–Crippen LogP) is 1.70. The Labute approximate surface area is 136 Å². The van der Waals surface area contributed by atoms with Gasteiger partial charge in [-0.25, -0.2) is 8.42 Å². The summed E-state index contributed by atoms with van der Waals surface area (Å²) in [6.07, 6.45) is 1.48. The molecular formula is C13H20ClN3O4S. The van der Waals surface area contributed by atoms with E-state index in [0.29, 0.717) is 19.1 Å². The zero-order valence-corrected chi connectivity index (χ0v) is 14.1. The highest BCUT2D eigenvalue weighted by molar-refractivity contribution is 7.89. The van der Waals surface area contributed by atoms with E-state index < -0.39 is 14.9 Å². The van der Waals surface area contributed by atoms with Gasteiger partial charge < -0.3 is 5.32 Å². The van der Waals surface area contributed by atoms with Gasteiger partial charge in [-0.3, -0.25) is 10.1 Å². The van der Waals surface area contributed by atoms with Crippen LogP contribution in [0.15, 0.2) is 23.1 Å². The van der Waals surface area contributed by atoms with Crippen LogP contribution in [0.3, 0.4) is 0 Å². The summed E-state index contributed by atoms with van der Waals surface area (Å²) in [7, 11) is -1.82. The van der Waals surface area contributed by atoms with E-state index in [9.17, 15) is 18.5 Å². The summed E-state index contributed by atoms with van der Waals surface area (Å²) in [5.74, 6) is 0. The molecule has 0 unspecified atom stereocenters. The summed E-state index contributed by atoms with van der Waals surface area (Å²) in [5, 5.41) is 14.1. The third-order valence-corrected chi connectivity index (χ3v) is 5.98. The molecule has 0 aliphatic carbocycles. The van der Waals surface area contributed by atoms with Gasteiger partial charge in [0, 0.05) is 30.8 Å². The van der Waals surface area contributed by atoms with Crippen LogP contribution in [0.1, 0.15) is 18.4 Å². The fraction of sp³-hybridized carbons (Fsp3) is 0.538. The van der Waals surface area contributed by atoms with Crippen LogP contribution >= 0.6 is 12.4 Å². The standard InChI is InChI=1S/C13H19N3O4S.ClH/c1-10-12(16(17)18)4-3-5-13(10)21(19,20)15-8-6-11(14-2)7-9-15;/h3-5,11,14H,6-9H2,1-2H3;1H. The van der Waals surface area contributed by atoms with Crippen LogP contribution in [-0.2, 0) is 10.0 Å². The number of hydrogen-bond donors (Lipinski definition) is 1. The van der Waals surface area contributed by atoms with Crippen molar-refractivity contribution in [1.82, 2.24) is 9.62 Å². The fourth-order valence-electron chi connectivity index (χ4n) is 2.60. The molecule has 1 aromatic carbocycles. The number of nitro groups is 1. The number of nitrogens with zero attached hydrogens (tertiary/aromatic N) is 2. The zero-order chi connectivity index (χ0) is 15.6. The third-order valence-electron chi connectivity index (χ3n) is 3.93. The zero-order valence-electron chi connectivity index (χ0n) is 12.5. The Morgan fingerprint density at radius 3 is 2.41 bits per heavy atom. The highest BCUT2D eigenvalue weighted by Gasteiger charge is 2.31. The van der Waals surface area contributed by atoms with Gasteiger partial charge in [0.2, 0.25) is 10.0 Å². The molecule has 124 valence electrons. The van der Waals surface area contributed by atoms with Gasteiger partial charge >= 0.3 is 0 Å². The molecule has 1 aliphatic rings. The van der Waals surface area contributed by atoms with Gasteiger partial charge in [0.05, 0.1) is 9.82 Å². The monoisotopic (exact) mass is 349 g/mol. The van der Waals surface area contributed by atoms with Gasteiger partial charge in [0.25, 0.3) is 5.69 Å². The van der Waals surface area contributed by atoms with Crippen LogP contribution in [-0.4, -0.2) is 43.8 Å². The molecule has 1 N–H and O–H groups in total. The number of rotatable bonds is 4. The molecule has 0 radical (unpaired) electrons. The van der Waals surface area contributed by atoms with Gasteiger partial charge in [-0.15, -0.1) is 12.4 Å². The van der Waals surface area contributed by atoms with Gasteiger partial charge in [-0.05, 0) is 32.9 Å². The van der Waals surface area contributed by atoms with Crippen molar-refractivity contribution in [1.29, 1.82) is 0 Å². The van der Waals surface area contributed by atoms with E-state index in [1.165, 1.54) is 29.4 Å². The summed E-state index contributed by atoms with van der Waals surface area (Å²) in [4.78, 5) is 10.4. The van der Waals surface area contributed by atoms with Crippen molar-refractivity contribution in [2.24, 2.45) is 0 Å². The van der Waals surface area contributed by atoms with Crippen LogP contribution < -0.4 is 5.32 Å². The Morgan fingerprint density at radius 1 is 1.32 bits per heavy atom. The number of halogens is 1. The number of nitro benzene ring substituents is 1. The molecule has 1 fully saturated rings. The minimum atomic E-state index is -3.68. The smallest absolute Gasteiger partial charge is 0.273 e. The maximum absolute atomic E-state index is 12.7. The van der Waals surface area contributed by atoms with E-state index >= 15 is 0 Å². The lowest BCUT2D eigenvalue weighted by molar-refractivity contribution is -0.385. The third kappa shape index (κ3) is 3.57. The highest BCUT2D eigenvalue weighted by Crippen LogP contribution is 2.28. The molecule has 1 saturated heterocycles. The topological polar surface area (TPSA) is 92.6 Å². The Kier molecular flexibility index (Phi) is 6.30. The molecule has 1 heterocycles. The highest BCUT2D eigenvalue weighted by atomic mass is 35.5. The molecule has 9 heteroatoms. The van der Waals surface area contributed by atoms with Gasteiger partial charge in [0.1, 0.15) is 0 Å². The second kappa shape index (κ2) is 7.36. The molecule has 0 amide bonds. The van der Waals surface area contributed by atoms with Crippen LogP contribution in [0.5, 0.6) is 0 Å². The largest absolute Gasteiger partial charge is 0.317 e. The van der Waals surface area contributed by atoms with Gasteiger partial charge in [-0.2, -0.15) is 4.31 Å². The minimum Gasteiger partial charge on any atom is -0.317 e. The van der Waals surface area contributed by atoms with Crippen molar-refractivity contribution in [3.05, 3.63) is 33.9 Å². The molecule has 0 saturated carbocycles. The van der Waals surface area contributed by atoms with Crippen LogP contribution in [0.4, 0.5) is 5.69 Å². The van der Waals surface area contributed by atoms with Gasteiger partial charge in [0.15, 0.2) is 0 Å². The molecule has 1 aromatic rings. The molecular weight excluding hydrogens is 330 g/mol. The average Bonchev–Trinajstić information content (AvgIpc) is 2.47. The number of benzene rings is 1. The first kappa shape index (κ1) is 18.8. The van der Waals surface area contributed by atoms with E-state index in [1.54, 1.807) is 0 Å². The maximum atomic E-state index is 12.7. The SMILES string of the molecule is CNC1CCN(S(=O)(=O)c2cccc([N+](=O)[O-])c2C)CC1.Cl. The van der Waals surface area contributed by atoms with Crippen LogP contribution in [0.2, 0.25) is 0 Å². The lowest BCUT2D eigenvalue weighted by Crippen LogP contribution is -2.44. The summed E-state index contributed by atoms with van der Waals surface area (Å²) in [5.41, 5.74) is 0.0272. The van der Waals surface area contributed by atoms with E-state index in [1.807, 2.05) is 7.05 Å². The van der Waals surface area contributed by atoms with E-state index in [-0.39, 0.29) is 28.6 Å². The van der Waals surface area contributed by atoms with Crippen LogP contribution in [0, 0.1) is 17.0 Å². The Balaban J connectivity index is 0.00000242. The Bertz CT molecular complexity index is 643. The molecule has 0 aromatic heterocycles. The quantitative estimate of drug-likeness (QED) is 0.659. The number of sulfonamides is 1. The molecule has 0 spiro atoms. The first-order valence-electron chi connectivity index (χ1n) is 6.79. The molecule has 1 aliphatic heterocycles. The van der Waals surface area contributed by atoms with E-state index in [0.717, 1.165) is 12.8 Å². The van der Waals surface area contributed by atoms with Crippen molar-refractivity contribution in [3.8, 4) is 0 Å².